The summed E-state index contributed by atoms with van der Waals surface area (Å²) in [4.78, 5) is 11.8. The van der Waals surface area contributed by atoms with Gasteiger partial charge in [-0.1, -0.05) is 20.3 Å². The summed E-state index contributed by atoms with van der Waals surface area (Å²) >= 11 is 0. The lowest BCUT2D eigenvalue weighted by atomic mass is 9.78. The molecule has 1 unspecified atom stereocenters. The number of carbonyl (C=O) groups is 1. The molecule has 1 rings (SSSR count). The van der Waals surface area contributed by atoms with Gasteiger partial charge in [-0.15, -0.1) is 0 Å². The molecule has 1 aliphatic rings. The SMILES string of the molecule is COCCOCCC(=O)NC1[C@H](C)CCC[C@@H]1C. The van der Waals surface area contributed by atoms with Gasteiger partial charge in [-0.25, -0.2) is 0 Å². The highest BCUT2D eigenvalue weighted by atomic mass is 16.5. The largest absolute Gasteiger partial charge is 0.382 e. The molecule has 0 aromatic heterocycles. The summed E-state index contributed by atoms with van der Waals surface area (Å²) in [7, 11) is 1.64. The highest BCUT2D eigenvalue weighted by Gasteiger charge is 2.28. The molecule has 0 aromatic carbocycles. The van der Waals surface area contributed by atoms with Gasteiger partial charge < -0.3 is 14.8 Å². The van der Waals surface area contributed by atoms with Crippen molar-refractivity contribution in [2.75, 3.05) is 26.9 Å². The summed E-state index contributed by atoms with van der Waals surface area (Å²) in [5.74, 6) is 1.29. The summed E-state index contributed by atoms with van der Waals surface area (Å²) in [6, 6.07) is 0.338. The van der Waals surface area contributed by atoms with Crippen LogP contribution >= 0.6 is 0 Å². The van der Waals surface area contributed by atoms with E-state index in [9.17, 15) is 4.79 Å². The topological polar surface area (TPSA) is 47.6 Å². The second-order valence-corrected chi connectivity index (χ2v) is 5.33. The molecule has 0 heterocycles. The molecule has 3 atom stereocenters. The molecule has 1 fully saturated rings. The number of methoxy groups -OCH3 is 1. The van der Waals surface area contributed by atoms with Crippen LogP contribution in [0.1, 0.15) is 39.5 Å². The lowest BCUT2D eigenvalue weighted by Gasteiger charge is -2.35. The normalized spacial score (nSPS) is 28.1. The minimum atomic E-state index is 0.109. The Labute approximate surface area is 110 Å². The van der Waals surface area contributed by atoms with Crippen molar-refractivity contribution >= 4 is 5.91 Å². The molecule has 0 spiro atoms. The first-order valence-corrected chi connectivity index (χ1v) is 7.01. The Morgan fingerprint density at radius 1 is 1.17 bits per heavy atom. The molecule has 4 nitrogen and oxygen atoms in total. The van der Waals surface area contributed by atoms with Crippen LogP contribution in [0, 0.1) is 11.8 Å². The van der Waals surface area contributed by atoms with E-state index in [1.807, 2.05) is 0 Å². The Hall–Kier alpha value is -0.610. The van der Waals surface area contributed by atoms with Gasteiger partial charge in [0, 0.05) is 19.6 Å². The van der Waals surface area contributed by atoms with Crippen LogP contribution in [0.5, 0.6) is 0 Å². The van der Waals surface area contributed by atoms with Gasteiger partial charge in [-0.3, -0.25) is 4.79 Å². The zero-order chi connectivity index (χ0) is 13.4. The van der Waals surface area contributed by atoms with Gasteiger partial charge in [0.15, 0.2) is 0 Å². The molecule has 1 aliphatic carbocycles. The molecule has 4 heteroatoms. The first-order chi connectivity index (χ1) is 8.65. The van der Waals surface area contributed by atoms with Crippen LogP contribution in [0.2, 0.25) is 0 Å². The Morgan fingerprint density at radius 3 is 2.44 bits per heavy atom. The van der Waals surface area contributed by atoms with Crippen molar-refractivity contribution in [3.8, 4) is 0 Å². The number of hydrogen-bond acceptors (Lipinski definition) is 3. The summed E-state index contributed by atoms with van der Waals surface area (Å²) < 4.78 is 10.2. The van der Waals surface area contributed by atoms with Gasteiger partial charge in [0.25, 0.3) is 0 Å². The van der Waals surface area contributed by atoms with E-state index in [1.54, 1.807) is 7.11 Å². The van der Waals surface area contributed by atoms with E-state index in [0.717, 1.165) is 0 Å². The number of amides is 1. The monoisotopic (exact) mass is 257 g/mol. The molecule has 18 heavy (non-hydrogen) atoms. The maximum atomic E-state index is 11.8. The zero-order valence-corrected chi connectivity index (χ0v) is 11.9. The van der Waals surface area contributed by atoms with Crippen LogP contribution in [0.4, 0.5) is 0 Å². The quantitative estimate of drug-likeness (QED) is 0.709. The second-order valence-electron chi connectivity index (χ2n) is 5.33. The molecular formula is C14H27NO3. The standard InChI is InChI=1S/C14H27NO3/c1-11-5-4-6-12(2)14(11)15-13(16)7-8-18-10-9-17-3/h11-12,14H,4-10H2,1-3H3,(H,15,16)/t11-,12+,14?. The van der Waals surface area contributed by atoms with E-state index in [1.165, 1.54) is 19.3 Å². The number of nitrogens with one attached hydrogen (secondary N) is 1. The van der Waals surface area contributed by atoms with Crippen molar-refractivity contribution < 1.29 is 14.3 Å². The average molecular weight is 257 g/mol. The molecule has 1 saturated carbocycles. The van der Waals surface area contributed by atoms with Crippen molar-refractivity contribution in [2.45, 2.75) is 45.6 Å². The van der Waals surface area contributed by atoms with Crippen LogP contribution < -0.4 is 5.32 Å². The predicted octanol–water partition coefficient (Wildman–Crippen LogP) is 1.98. The lowest BCUT2D eigenvalue weighted by Crippen LogP contribution is -2.46. The Kier molecular flexibility index (Phi) is 7.28. The van der Waals surface area contributed by atoms with Crippen molar-refractivity contribution in [1.82, 2.24) is 5.32 Å². The molecular weight excluding hydrogens is 230 g/mol. The Morgan fingerprint density at radius 2 is 1.83 bits per heavy atom. The molecule has 0 aliphatic heterocycles. The van der Waals surface area contributed by atoms with Crippen LogP contribution in [0.15, 0.2) is 0 Å². The molecule has 1 amide bonds. The lowest BCUT2D eigenvalue weighted by molar-refractivity contribution is -0.124. The van der Waals surface area contributed by atoms with E-state index in [0.29, 0.717) is 44.1 Å². The van der Waals surface area contributed by atoms with Crippen molar-refractivity contribution in [3.63, 3.8) is 0 Å². The van der Waals surface area contributed by atoms with Crippen LogP contribution in [-0.4, -0.2) is 38.9 Å². The second kappa shape index (κ2) is 8.48. The maximum absolute atomic E-state index is 11.8. The van der Waals surface area contributed by atoms with E-state index < -0.39 is 0 Å². The molecule has 0 bridgehead atoms. The smallest absolute Gasteiger partial charge is 0.222 e. The zero-order valence-electron chi connectivity index (χ0n) is 11.9. The van der Waals surface area contributed by atoms with Gasteiger partial charge in [0.2, 0.25) is 5.91 Å². The summed E-state index contributed by atoms with van der Waals surface area (Å²) in [6.45, 7) is 6.08. The average Bonchev–Trinajstić information content (AvgIpc) is 2.34. The third kappa shape index (κ3) is 5.36. The molecule has 106 valence electrons. The third-order valence-electron chi connectivity index (χ3n) is 3.78. The fourth-order valence-electron chi connectivity index (χ4n) is 2.63. The van der Waals surface area contributed by atoms with Crippen LogP contribution in [-0.2, 0) is 14.3 Å². The number of carbonyl (C=O) groups excluding carboxylic acids is 1. The van der Waals surface area contributed by atoms with Crippen molar-refractivity contribution in [2.24, 2.45) is 11.8 Å². The Bertz CT molecular complexity index is 235. The van der Waals surface area contributed by atoms with Gasteiger partial charge in [0.05, 0.1) is 19.8 Å². The predicted molar refractivity (Wildman–Crippen MR) is 71.4 cm³/mol. The first kappa shape index (κ1) is 15.4. The minimum absolute atomic E-state index is 0.109. The highest BCUT2D eigenvalue weighted by Crippen LogP contribution is 2.28. The minimum Gasteiger partial charge on any atom is -0.382 e. The van der Waals surface area contributed by atoms with E-state index in [2.05, 4.69) is 19.2 Å². The molecule has 0 saturated heterocycles. The molecule has 0 aromatic rings. The number of rotatable bonds is 7. The number of ether oxygens (including phenoxy) is 2. The number of hydrogen-bond donors (Lipinski definition) is 1. The first-order valence-electron chi connectivity index (χ1n) is 7.01. The van der Waals surface area contributed by atoms with Crippen LogP contribution in [0.25, 0.3) is 0 Å². The fourth-order valence-corrected chi connectivity index (χ4v) is 2.63. The van der Waals surface area contributed by atoms with E-state index in [4.69, 9.17) is 9.47 Å². The summed E-state index contributed by atoms with van der Waals surface area (Å²) in [5.41, 5.74) is 0. The fraction of sp³-hybridized carbons (Fsp3) is 0.929. The van der Waals surface area contributed by atoms with Gasteiger partial charge in [-0.2, -0.15) is 0 Å². The van der Waals surface area contributed by atoms with Gasteiger partial charge >= 0.3 is 0 Å². The maximum Gasteiger partial charge on any atom is 0.222 e. The van der Waals surface area contributed by atoms with Crippen LogP contribution in [0.3, 0.4) is 0 Å². The summed E-state index contributed by atoms with van der Waals surface area (Å²) in [6.07, 6.45) is 4.17. The Balaban J connectivity index is 2.18. The van der Waals surface area contributed by atoms with E-state index in [-0.39, 0.29) is 5.91 Å². The van der Waals surface area contributed by atoms with E-state index >= 15 is 0 Å². The highest BCUT2D eigenvalue weighted by molar-refractivity contribution is 5.76. The third-order valence-corrected chi connectivity index (χ3v) is 3.78. The molecule has 1 N–H and O–H groups in total. The van der Waals surface area contributed by atoms with Crippen molar-refractivity contribution in [1.29, 1.82) is 0 Å². The summed E-state index contributed by atoms with van der Waals surface area (Å²) in [5, 5.41) is 3.16. The van der Waals surface area contributed by atoms with Crippen molar-refractivity contribution in [3.05, 3.63) is 0 Å². The van der Waals surface area contributed by atoms with Gasteiger partial charge in [-0.05, 0) is 24.7 Å². The van der Waals surface area contributed by atoms with Gasteiger partial charge in [0.1, 0.15) is 0 Å². The molecule has 0 radical (unpaired) electrons.